The molecule has 0 radical (unpaired) electrons. The highest BCUT2D eigenvalue weighted by molar-refractivity contribution is 5.87. The van der Waals surface area contributed by atoms with Gasteiger partial charge in [-0.15, -0.1) is 0 Å². The van der Waals surface area contributed by atoms with E-state index >= 15 is 0 Å². The molecular weight excluding hydrogens is 258 g/mol. The van der Waals surface area contributed by atoms with Gasteiger partial charge in [-0.2, -0.15) is 0 Å². The molecule has 0 aromatic heterocycles. The first-order valence-corrected chi connectivity index (χ1v) is 8.15. The number of nitrogens with one attached hydrogen (secondary N) is 1. The van der Waals surface area contributed by atoms with Crippen molar-refractivity contribution in [3.05, 3.63) is 42.0 Å². The molecule has 0 heterocycles. The lowest BCUT2D eigenvalue weighted by atomic mass is 10.0. The summed E-state index contributed by atoms with van der Waals surface area (Å²) in [6.45, 7) is 3.90. The molecule has 2 rings (SSSR count). The molecule has 2 aromatic rings. The van der Waals surface area contributed by atoms with Crippen LogP contribution in [0.25, 0.3) is 10.8 Å². The van der Waals surface area contributed by atoms with E-state index in [0.717, 1.165) is 25.3 Å². The van der Waals surface area contributed by atoms with E-state index in [2.05, 4.69) is 48.6 Å². The fraction of sp³-hybridized carbons (Fsp3) is 0.474. The van der Waals surface area contributed by atoms with Crippen molar-refractivity contribution in [3.63, 3.8) is 0 Å². The second kappa shape index (κ2) is 8.68. The maximum atomic E-state index is 6.04. The number of fused-ring (bicyclic) bond motifs is 1. The standard InChI is InChI=1S/C19H27NO/c1-3-4-5-6-9-14-21-19-13-12-16-10-7-8-11-17(16)18(19)15-20-2/h7-8,10-13,20H,3-6,9,14-15H2,1-2H3. The smallest absolute Gasteiger partial charge is 0.124 e. The van der Waals surface area contributed by atoms with Crippen LogP contribution in [0, 0.1) is 0 Å². The monoisotopic (exact) mass is 285 g/mol. The third-order valence-electron chi connectivity index (χ3n) is 3.86. The van der Waals surface area contributed by atoms with Crippen molar-refractivity contribution < 1.29 is 4.74 Å². The highest BCUT2D eigenvalue weighted by Gasteiger charge is 2.07. The van der Waals surface area contributed by atoms with Gasteiger partial charge in [-0.1, -0.05) is 62.9 Å². The summed E-state index contributed by atoms with van der Waals surface area (Å²) >= 11 is 0. The van der Waals surface area contributed by atoms with Gasteiger partial charge < -0.3 is 10.1 Å². The summed E-state index contributed by atoms with van der Waals surface area (Å²) in [7, 11) is 1.98. The average Bonchev–Trinajstić information content (AvgIpc) is 2.52. The minimum Gasteiger partial charge on any atom is -0.493 e. The Labute approximate surface area is 128 Å². The van der Waals surface area contributed by atoms with Gasteiger partial charge >= 0.3 is 0 Å². The van der Waals surface area contributed by atoms with Crippen molar-refractivity contribution in [2.45, 2.75) is 45.6 Å². The van der Waals surface area contributed by atoms with Gasteiger partial charge in [-0.05, 0) is 30.3 Å². The first kappa shape index (κ1) is 15.8. The van der Waals surface area contributed by atoms with Crippen LogP contribution in [0.1, 0.15) is 44.6 Å². The van der Waals surface area contributed by atoms with E-state index < -0.39 is 0 Å². The van der Waals surface area contributed by atoms with Crippen molar-refractivity contribution in [1.82, 2.24) is 5.32 Å². The summed E-state index contributed by atoms with van der Waals surface area (Å²) < 4.78 is 6.04. The van der Waals surface area contributed by atoms with E-state index in [1.807, 2.05) is 7.05 Å². The zero-order chi connectivity index (χ0) is 14.9. The Bertz CT molecular complexity index is 550. The van der Waals surface area contributed by atoms with Crippen LogP contribution in [0.4, 0.5) is 0 Å². The van der Waals surface area contributed by atoms with Crippen LogP contribution in [0.3, 0.4) is 0 Å². The van der Waals surface area contributed by atoms with Crippen LogP contribution in [-0.2, 0) is 6.54 Å². The largest absolute Gasteiger partial charge is 0.493 e. The van der Waals surface area contributed by atoms with Crippen molar-refractivity contribution in [1.29, 1.82) is 0 Å². The predicted molar refractivity (Wildman–Crippen MR) is 91.0 cm³/mol. The number of hydrogen-bond donors (Lipinski definition) is 1. The third-order valence-corrected chi connectivity index (χ3v) is 3.86. The van der Waals surface area contributed by atoms with Crippen molar-refractivity contribution in [2.75, 3.05) is 13.7 Å². The fourth-order valence-electron chi connectivity index (χ4n) is 2.70. The van der Waals surface area contributed by atoms with Gasteiger partial charge in [-0.25, -0.2) is 0 Å². The highest BCUT2D eigenvalue weighted by Crippen LogP contribution is 2.28. The van der Waals surface area contributed by atoms with Crippen molar-refractivity contribution in [2.24, 2.45) is 0 Å². The molecule has 0 unspecified atom stereocenters. The summed E-state index contributed by atoms with van der Waals surface area (Å²) in [5, 5.41) is 5.82. The maximum Gasteiger partial charge on any atom is 0.124 e. The summed E-state index contributed by atoms with van der Waals surface area (Å²) in [5.74, 6) is 1.03. The number of ether oxygens (including phenoxy) is 1. The number of benzene rings is 2. The highest BCUT2D eigenvalue weighted by atomic mass is 16.5. The molecule has 0 amide bonds. The lowest BCUT2D eigenvalue weighted by molar-refractivity contribution is 0.301. The molecular formula is C19H27NO. The van der Waals surface area contributed by atoms with E-state index in [4.69, 9.17) is 4.74 Å². The summed E-state index contributed by atoms with van der Waals surface area (Å²) in [6, 6.07) is 12.8. The third kappa shape index (κ3) is 4.47. The molecule has 0 aliphatic rings. The average molecular weight is 285 g/mol. The normalized spacial score (nSPS) is 11.0. The SMILES string of the molecule is CCCCCCCOc1ccc2ccccc2c1CNC. The second-order valence-corrected chi connectivity index (χ2v) is 5.56. The number of unbranched alkanes of at least 4 members (excludes halogenated alkanes) is 4. The number of rotatable bonds is 9. The van der Waals surface area contributed by atoms with Gasteiger partial charge in [0.1, 0.15) is 5.75 Å². The summed E-state index contributed by atoms with van der Waals surface area (Å²) in [6.07, 6.45) is 6.36. The van der Waals surface area contributed by atoms with Gasteiger partial charge in [0.15, 0.2) is 0 Å². The Morgan fingerprint density at radius 3 is 2.57 bits per heavy atom. The van der Waals surface area contributed by atoms with Crippen LogP contribution in [0.5, 0.6) is 5.75 Å². The maximum absolute atomic E-state index is 6.04. The Morgan fingerprint density at radius 1 is 0.952 bits per heavy atom. The molecule has 0 aliphatic carbocycles. The minimum absolute atomic E-state index is 0.818. The molecule has 1 N–H and O–H groups in total. The van der Waals surface area contributed by atoms with Gasteiger partial charge in [0.2, 0.25) is 0 Å². The molecule has 2 nitrogen and oxygen atoms in total. The quantitative estimate of drug-likeness (QED) is 0.661. The second-order valence-electron chi connectivity index (χ2n) is 5.56. The molecule has 0 atom stereocenters. The first-order chi connectivity index (χ1) is 10.4. The van der Waals surface area contributed by atoms with Crippen molar-refractivity contribution in [3.8, 4) is 5.75 Å². The van der Waals surface area contributed by atoms with Crippen molar-refractivity contribution >= 4 is 10.8 Å². The fourth-order valence-corrected chi connectivity index (χ4v) is 2.70. The van der Waals surface area contributed by atoms with Crippen LogP contribution in [-0.4, -0.2) is 13.7 Å². The Kier molecular flexibility index (Phi) is 6.55. The summed E-state index contributed by atoms with van der Waals surface area (Å²) in [4.78, 5) is 0. The molecule has 114 valence electrons. The lowest BCUT2D eigenvalue weighted by Crippen LogP contribution is -2.09. The first-order valence-electron chi connectivity index (χ1n) is 8.15. The summed E-state index contributed by atoms with van der Waals surface area (Å²) in [5.41, 5.74) is 1.27. The van der Waals surface area contributed by atoms with Crippen LogP contribution >= 0.6 is 0 Å². The Morgan fingerprint density at radius 2 is 1.76 bits per heavy atom. The molecule has 2 aromatic carbocycles. The van der Waals surface area contributed by atoms with Gasteiger partial charge in [-0.3, -0.25) is 0 Å². The molecule has 0 fully saturated rings. The molecule has 0 saturated carbocycles. The van der Waals surface area contributed by atoms with E-state index in [1.54, 1.807) is 0 Å². The van der Waals surface area contributed by atoms with Gasteiger partial charge in [0.25, 0.3) is 0 Å². The Balaban J connectivity index is 2.03. The van der Waals surface area contributed by atoms with E-state index in [0.29, 0.717) is 0 Å². The van der Waals surface area contributed by atoms with E-state index in [-0.39, 0.29) is 0 Å². The zero-order valence-electron chi connectivity index (χ0n) is 13.3. The Hall–Kier alpha value is -1.54. The van der Waals surface area contributed by atoms with Crippen LogP contribution in [0.2, 0.25) is 0 Å². The van der Waals surface area contributed by atoms with Gasteiger partial charge in [0.05, 0.1) is 6.61 Å². The molecule has 2 heteroatoms. The zero-order valence-corrected chi connectivity index (χ0v) is 13.3. The minimum atomic E-state index is 0.818. The molecule has 0 aliphatic heterocycles. The molecule has 0 saturated heterocycles. The van der Waals surface area contributed by atoms with Crippen LogP contribution < -0.4 is 10.1 Å². The molecule has 0 bridgehead atoms. The van der Waals surface area contributed by atoms with Crippen LogP contribution in [0.15, 0.2) is 36.4 Å². The molecule has 21 heavy (non-hydrogen) atoms. The van der Waals surface area contributed by atoms with E-state index in [1.165, 1.54) is 42.0 Å². The predicted octanol–water partition coefficient (Wildman–Crippen LogP) is 4.91. The topological polar surface area (TPSA) is 21.3 Å². The lowest BCUT2D eigenvalue weighted by Gasteiger charge is -2.14. The van der Waals surface area contributed by atoms with Gasteiger partial charge in [0, 0.05) is 12.1 Å². The van der Waals surface area contributed by atoms with E-state index in [9.17, 15) is 0 Å². The molecule has 0 spiro atoms. The number of hydrogen-bond acceptors (Lipinski definition) is 2.